The molecule has 0 radical (unpaired) electrons. The monoisotopic (exact) mass is 215 g/mol. The molecule has 0 aromatic rings. The Morgan fingerprint density at radius 2 is 2.07 bits per heavy atom. The first-order valence-electron chi connectivity index (χ1n) is 5.91. The standard InChI is InChI=1S/C12H25NO2/c1-12(2,14-4)7-8-15-11-6-5-10(9-11)13-3/h10-11,13H,5-9H2,1-4H3. The van der Waals surface area contributed by atoms with Crippen molar-refractivity contribution in [2.45, 2.75) is 57.3 Å². The third-order valence-electron chi connectivity index (χ3n) is 3.40. The minimum absolute atomic E-state index is 0.0546. The van der Waals surface area contributed by atoms with Gasteiger partial charge in [-0.15, -0.1) is 0 Å². The third kappa shape index (κ3) is 4.49. The summed E-state index contributed by atoms with van der Waals surface area (Å²) in [7, 11) is 3.79. The van der Waals surface area contributed by atoms with Crippen LogP contribution in [0.1, 0.15) is 39.5 Å². The molecule has 1 saturated carbocycles. The van der Waals surface area contributed by atoms with E-state index >= 15 is 0 Å². The van der Waals surface area contributed by atoms with Gasteiger partial charge in [0.05, 0.1) is 11.7 Å². The van der Waals surface area contributed by atoms with E-state index in [4.69, 9.17) is 9.47 Å². The van der Waals surface area contributed by atoms with Gasteiger partial charge in [0.25, 0.3) is 0 Å². The van der Waals surface area contributed by atoms with Gasteiger partial charge in [-0.05, 0) is 46.6 Å². The molecule has 0 saturated heterocycles. The maximum atomic E-state index is 5.85. The second kappa shape index (κ2) is 5.83. The first-order valence-corrected chi connectivity index (χ1v) is 5.91. The number of rotatable bonds is 6. The number of methoxy groups -OCH3 is 1. The van der Waals surface area contributed by atoms with Crippen molar-refractivity contribution >= 4 is 0 Å². The van der Waals surface area contributed by atoms with Crippen LogP contribution in [0.3, 0.4) is 0 Å². The fourth-order valence-electron chi connectivity index (χ4n) is 1.93. The zero-order valence-electron chi connectivity index (χ0n) is 10.5. The molecule has 3 nitrogen and oxygen atoms in total. The van der Waals surface area contributed by atoms with Gasteiger partial charge in [0.15, 0.2) is 0 Å². The fourth-order valence-corrected chi connectivity index (χ4v) is 1.93. The number of hydrogen-bond acceptors (Lipinski definition) is 3. The minimum Gasteiger partial charge on any atom is -0.379 e. The van der Waals surface area contributed by atoms with Crippen LogP contribution in [0.5, 0.6) is 0 Å². The van der Waals surface area contributed by atoms with Gasteiger partial charge in [-0.3, -0.25) is 0 Å². The molecule has 15 heavy (non-hydrogen) atoms. The topological polar surface area (TPSA) is 30.5 Å². The molecule has 1 rings (SSSR count). The van der Waals surface area contributed by atoms with Gasteiger partial charge in [-0.1, -0.05) is 0 Å². The zero-order valence-corrected chi connectivity index (χ0v) is 10.5. The van der Waals surface area contributed by atoms with E-state index in [1.54, 1.807) is 7.11 Å². The average Bonchev–Trinajstić information content (AvgIpc) is 2.66. The second-order valence-corrected chi connectivity index (χ2v) is 5.01. The lowest BCUT2D eigenvalue weighted by molar-refractivity contribution is -0.0256. The summed E-state index contributed by atoms with van der Waals surface area (Å²) in [5.41, 5.74) is -0.0546. The summed E-state index contributed by atoms with van der Waals surface area (Å²) in [6.45, 7) is 5.00. The maximum Gasteiger partial charge on any atom is 0.0644 e. The van der Waals surface area contributed by atoms with Crippen molar-refractivity contribution in [3.63, 3.8) is 0 Å². The third-order valence-corrected chi connectivity index (χ3v) is 3.40. The van der Waals surface area contributed by atoms with E-state index in [0.29, 0.717) is 12.1 Å². The van der Waals surface area contributed by atoms with Crippen LogP contribution in [-0.4, -0.2) is 38.5 Å². The van der Waals surface area contributed by atoms with Crippen molar-refractivity contribution < 1.29 is 9.47 Å². The summed E-state index contributed by atoms with van der Waals surface area (Å²) in [4.78, 5) is 0. The summed E-state index contributed by atoms with van der Waals surface area (Å²) in [6, 6.07) is 0.658. The van der Waals surface area contributed by atoms with Crippen molar-refractivity contribution in [1.29, 1.82) is 0 Å². The van der Waals surface area contributed by atoms with E-state index in [1.807, 2.05) is 7.05 Å². The molecule has 0 aromatic carbocycles. The summed E-state index contributed by atoms with van der Waals surface area (Å²) in [5.74, 6) is 0. The van der Waals surface area contributed by atoms with Crippen LogP contribution in [0.15, 0.2) is 0 Å². The highest BCUT2D eigenvalue weighted by atomic mass is 16.5. The van der Waals surface area contributed by atoms with Crippen molar-refractivity contribution in [1.82, 2.24) is 5.32 Å². The van der Waals surface area contributed by atoms with Gasteiger partial charge in [0, 0.05) is 19.8 Å². The molecule has 0 heterocycles. The Labute approximate surface area is 93.5 Å². The normalized spacial score (nSPS) is 27.2. The van der Waals surface area contributed by atoms with E-state index in [9.17, 15) is 0 Å². The SMILES string of the molecule is CNC1CCC(OCCC(C)(C)OC)C1. The highest BCUT2D eigenvalue weighted by Gasteiger charge is 2.24. The molecule has 0 aliphatic heterocycles. The molecule has 2 atom stereocenters. The summed E-state index contributed by atoms with van der Waals surface area (Å²) in [5, 5.41) is 3.31. The Hall–Kier alpha value is -0.120. The smallest absolute Gasteiger partial charge is 0.0644 e. The van der Waals surface area contributed by atoms with Crippen molar-refractivity contribution in [3.05, 3.63) is 0 Å². The Bertz CT molecular complexity index is 182. The maximum absolute atomic E-state index is 5.85. The Kier molecular flexibility index (Phi) is 5.03. The van der Waals surface area contributed by atoms with Gasteiger partial charge in [0.2, 0.25) is 0 Å². The Balaban J connectivity index is 2.11. The molecule has 1 aliphatic rings. The van der Waals surface area contributed by atoms with Crippen LogP contribution < -0.4 is 5.32 Å². The van der Waals surface area contributed by atoms with Crippen molar-refractivity contribution in [3.8, 4) is 0 Å². The molecule has 1 N–H and O–H groups in total. The summed E-state index contributed by atoms with van der Waals surface area (Å²) < 4.78 is 11.2. The number of hydrogen-bond donors (Lipinski definition) is 1. The Morgan fingerprint density at radius 1 is 1.33 bits per heavy atom. The lowest BCUT2D eigenvalue weighted by atomic mass is 10.1. The van der Waals surface area contributed by atoms with Gasteiger partial charge in [-0.2, -0.15) is 0 Å². The highest BCUT2D eigenvalue weighted by Crippen LogP contribution is 2.23. The lowest BCUT2D eigenvalue weighted by Gasteiger charge is -2.23. The van der Waals surface area contributed by atoms with Crippen molar-refractivity contribution in [2.24, 2.45) is 0 Å². The molecular formula is C12H25NO2. The van der Waals surface area contributed by atoms with Crippen LogP contribution in [0.4, 0.5) is 0 Å². The molecule has 1 fully saturated rings. The van der Waals surface area contributed by atoms with E-state index in [1.165, 1.54) is 12.8 Å². The van der Waals surface area contributed by atoms with E-state index < -0.39 is 0 Å². The number of ether oxygens (including phenoxy) is 2. The first-order chi connectivity index (χ1) is 7.07. The van der Waals surface area contributed by atoms with Gasteiger partial charge >= 0.3 is 0 Å². The number of nitrogens with one attached hydrogen (secondary N) is 1. The predicted molar refractivity (Wildman–Crippen MR) is 62.1 cm³/mol. The quantitative estimate of drug-likeness (QED) is 0.734. The largest absolute Gasteiger partial charge is 0.379 e. The molecule has 2 unspecified atom stereocenters. The minimum atomic E-state index is -0.0546. The summed E-state index contributed by atoms with van der Waals surface area (Å²) >= 11 is 0. The van der Waals surface area contributed by atoms with Crippen LogP contribution in [0, 0.1) is 0 Å². The Morgan fingerprint density at radius 3 is 2.60 bits per heavy atom. The molecule has 3 heteroatoms. The average molecular weight is 215 g/mol. The highest BCUT2D eigenvalue weighted by molar-refractivity contribution is 4.80. The molecule has 0 spiro atoms. The lowest BCUT2D eigenvalue weighted by Crippen LogP contribution is -2.26. The van der Waals surface area contributed by atoms with Crippen molar-refractivity contribution in [2.75, 3.05) is 20.8 Å². The van der Waals surface area contributed by atoms with Gasteiger partial charge in [0.1, 0.15) is 0 Å². The van der Waals surface area contributed by atoms with Gasteiger partial charge < -0.3 is 14.8 Å². The van der Waals surface area contributed by atoms with Crippen LogP contribution in [-0.2, 0) is 9.47 Å². The molecule has 0 bridgehead atoms. The first kappa shape index (κ1) is 12.9. The molecule has 0 aromatic heterocycles. The van der Waals surface area contributed by atoms with E-state index in [0.717, 1.165) is 19.4 Å². The molecule has 1 aliphatic carbocycles. The molecule has 0 amide bonds. The zero-order chi connectivity index (χ0) is 11.3. The van der Waals surface area contributed by atoms with Crippen LogP contribution in [0.2, 0.25) is 0 Å². The summed E-state index contributed by atoms with van der Waals surface area (Å²) in [6.07, 6.45) is 5.01. The second-order valence-electron chi connectivity index (χ2n) is 5.01. The molecule has 90 valence electrons. The van der Waals surface area contributed by atoms with Gasteiger partial charge in [-0.25, -0.2) is 0 Å². The van der Waals surface area contributed by atoms with Crippen LogP contribution in [0.25, 0.3) is 0 Å². The van der Waals surface area contributed by atoms with E-state index in [-0.39, 0.29) is 5.60 Å². The predicted octanol–water partition coefficient (Wildman–Crippen LogP) is 1.96. The molecular weight excluding hydrogens is 190 g/mol. The van der Waals surface area contributed by atoms with E-state index in [2.05, 4.69) is 19.2 Å². The van der Waals surface area contributed by atoms with Crippen LogP contribution >= 0.6 is 0 Å². The fraction of sp³-hybridized carbons (Fsp3) is 1.00.